The third kappa shape index (κ3) is 7.53. The summed E-state index contributed by atoms with van der Waals surface area (Å²) in [6.45, 7) is 15.7. The molecule has 40 heavy (non-hydrogen) atoms. The SMILES string of the molecule is CCC(C)=CC=CC=C(C)N1CCN(c2nc(C)nc(Nc3ncc(C(=O)Nc4c(C)cccc4C)s3)n2)CC1. The van der Waals surface area contributed by atoms with Crippen LogP contribution in [0.3, 0.4) is 0 Å². The van der Waals surface area contributed by atoms with Gasteiger partial charge in [-0.15, -0.1) is 0 Å². The number of aromatic nitrogens is 4. The number of hydrogen-bond acceptors (Lipinski definition) is 9. The molecule has 10 heteroatoms. The minimum Gasteiger partial charge on any atom is -0.371 e. The van der Waals surface area contributed by atoms with Crippen molar-refractivity contribution < 1.29 is 4.79 Å². The van der Waals surface area contributed by atoms with Crippen molar-refractivity contribution in [3.05, 3.63) is 81.8 Å². The lowest BCUT2D eigenvalue weighted by Gasteiger charge is -2.36. The second kappa shape index (κ2) is 13.3. The number of para-hydroxylation sites is 1. The molecule has 1 aliphatic rings. The monoisotopic (exact) mass is 558 g/mol. The van der Waals surface area contributed by atoms with Crippen molar-refractivity contribution in [2.75, 3.05) is 41.7 Å². The third-order valence-electron chi connectivity index (χ3n) is 6.85. The van der Waals surface area contributed by atoms with Gasteiger partial charge in [-0.3, -0.25) is 10.1 Å². The molecule has 2 aromatic heterocycles. The van der Waals surface area contributed by atoms with Crippen molar-refractivity contribution >= 4 is 40.0 Å². The Morgan fingerprint density at radius 2 is 1.70 bits per heavy atom. The van der Waals surface area contributed by atoms with Gasteiger partial charge in [-0.25, -0.2) is 4.98 Å². The first-order chi connectivity index (χ1) is 19.2. The molecule has 2 N–H and O–H groups in total. The van der Waals surface area contributed by atoms with E-state index < -0.39 is 0 Å². The van der Waals surface area contributed by atoms with Crippen LogP contribution in [0.25, 0.3) is 0 Å². The van der Waals surface area contributed by atoms with Gasteiger partial charge in [0.1, 0.15) is 10.7 Å². The van der Waals surface area contributed by atoms with Crippen LogP contribution in [0.2, 0.25) is 0 Å². The molecule has 1 saturated heterocycles. The Kier molecular flexibility index (Phi) is 9.65. The quantitative estimate of drug-likeness (QED) is 0.300. The molecule has 3 aromatic rings. The largest absolute Gasteiger partial charge is 0.371 e. The molecule has 210 valence electrons. The molecule has 9 nitrogen and oxygen atoms in total. The van der Waals surface area contributed by atoms with E-state index in [0.717, 1.165) is 49.4 Å². The Hall–Kier alpha value is -4.05. The Morgan fingerprint density at radius 1 is 1.00 bits per heavy atom. The van der Waals surface area contributed by atoms with Gasteiger partial charge in [-0.2, -0.15) is 15.0 Å². The number of hydrogen-bond donors (Lipinski definition) is 2. The number of nitrogens with zero attached hydrogens (tertiary/aromatic N) is 6. The molecule has 4 rings (SSSR count). The predicted octanol–water partition coefficient (Wildman–Crippen LogP) is 6.19. The number of nitrogens with one attached hydrogen (secondary N) is 2. The second-order valence-electron chi connectivity index (χ2n) is 9.92. The van der Waals surface area contributed by atoms with Crippen molar-refractivity contribution in [1.29, 1.82) is 0 Å². The lowest BCUT2D eigenvalue weighted by atomic mass is 10.1. The maximum Gasteiger partial charge on any atom is 0.267 e. The standard InChI is InChI=1S/C30H38N8OS/c1-7-20(2)11-8-9-14-23(5)37-15-17-38(18-16-37)29-33-24(6)32-28(35-29)36-30-31-19-25(40-30)27(39)34-26-21(3)12-10-13-22(26)4/h8-14,19H,7,15-18H2,1-6H3,(H,34,39)(H,31,32,33,35,36). The third-order valence-corrected chi connectivity index (χ3v) is 7.76. The summed E-state index contributed by atoms with van der Waals surface area (Å²) < 4.78 is 0. The van der Waals surface area contributed by atoms with Crippen molar-refractivity contribution in [3.8, 4) is 0 Å². The van der Waals surface area contributed by atoms with Crippen LogP contribution < -0.4 is 15.5 Å². The van der Waals surface area contributed by atoms with Crippen LogP contribution in [0.15, 0.2) is 60.0 Å². The van der Waals surface area contributed by atoms with Gasteiger partial charge in [0.2, 0.25) is 11.9 Å². The van der Waals surface area contributed by atoms with E-state index in [1.807, 2.05) is 39.0 Å². The average Bonchev–Trinajstić information content (AvgIpc) is 3.41. The number of rotatable bonds is 9. The number of carbonyl (C=O) groups is 1. The highest BCUT2D eigenvalue weighted by Crippen LogP contribution is 2.25. The molecule has 0 atom stereocenters. The number of amides is 1. The lowest BCUT2D eigenvalue weighted by molar-refractivity contribution is 0.103. The van der Waals surface area contributed by atoms with Gasteiger partial charge in [0.15, 0.2) is 5.13 Å². The fourth-order valence-electron chi connectivity index (χ4n) is 4.28. The van der Waals surface area contributed by atoms with Crippen LogP contribution in [0.5, 0.6) is 0 Å². The number of allylic oxidation sites excluding steroid dienone is 6. The summed E-state index contributed by atoms with van der Waals surface area (Å²) in [6.07, 6.45) is 11.2. The summed E-state index contributed by atoms with van der Waals surface area (Å²) in [5.74, 6) is 1.48. The molecule has 1 amide bonds. The molecule has 3 heterocycles. The molecule has 0 bridgehead atoms. The van der Waals surface area contributed by atoms with E-state index >= 15 is 0 Å². The number of thiazole rings is 1. The van der Waals surface area contributed by atoms with Crippen LogP contribution in [-0.4, -0.2) is 56.9 Å². The molecule has 0 aliphatic carbocycles. The van der Waals surface area contributed by atoms with Gasteiger partial charge in [-0.05, 0) is 58.2 Å². The Labute approximate surface area is 240 Å². The molecule has 0 spiro atoms. The van der Waals surface area contributed by atoms with E-state index in [4.69, 9.17) is 0 Å². The van der Waals surface area contributed by atoms with E-state index in [2.05, 4.69) is 85.4 Å². The summed E-state index contributed by atoms with van der Waals surface area (Å²) in [5.41, 5.74) is 5.47. The summed E-state index contributed by atoms with van der Waals surface area (Å²) in [4.78, 5) is 36.0. The zero-order valence-electron chi connectivity index (χ0n) is 24.2. The van der Waals surface area contributed by atoms with Gasteiger partial charge < -0.3 is 15.1 Å². The summed E-state index contributed by atoms with van der Waals surface area (Å²) in [7, 11) is 0. The number of anilines is 4. The maximum absolute atomic E-state index is 12.9. The molecule has 0 radical (unpaired) electrons. The van der Waals surface area contributed by atoms with Gasteiger partial charge >= 0.3 is 0 Å². The smallest absolute Gasteiger partial charge is 0.267 e. The summed E-state index contributed by atoms with van der Waals surface area (Å²) >= 11 is 1.26. The maximum atomic E-state index is 12.9. The lowest BCUT2D eigenvalue weighted by Crippen LogP contribution is -2.46. The molecule has 0 saturated carbocycles. The Bertz CT molecular complexity index is 1410. The minimum atomic E-state index is -0.194. The van der Waals surface area contributed by atoms with Crippen molar-refractivity contribution in [1.82, 2.24) is 24.8 Å². The van der Waals surface area contributed by atoms with Crippen molar-refractivity contribution in [3.63, 3.8) is 0 Å². The minimum absolute atomic E-state index is 0.194. The first kappa shape index (κ1) is 28.9. The molecule has 1 aromatic carbocycles. The van der Waals surface area contributed by atoms with Gasteiger partial charge in [0, 0.05) is 37.6 Å². The van der Waals surface area contributed by atoms with Crippen molar-refractivity contribution in [2.45, 2.75) is 48.0 Å². The van der Waals surface area contributed by atoms with E-state index in [0.29, 0.717) is 27.7 Å². The van der Waals surface area contributed by atoms with Crippen LogP contribution in [-0.2, 0) is 0 Å². The molecular weight excluding hydrogens is 520 g/mol. The van der Waals surface area contributed by atoms with E-state index in [-0.39, 0.29) is 5.91 Å². The number of aryl methyl sites for hydroxylation is 3. The number of benzene rings is 1. The van der Waals surface area contributed by atoms with E-state index in [1.165, 1.54) is 22.6 Å². The van der Waals surface area contributed by atoms with Crippen LogP contribution in [0.4, 0.5) is 22.7 Å². The summed E-state index contributed by atoms with van der Waals surface area (Å²) in [6, 6.07) is 5.93. The topological polar surface area (TPSA) is 99.2 Å². The predicted molar refractivity (Wildman–Crippen MR) is 165 cm³/mol. The fourth-order valence-corrected chi connectivity index (χ4v) is 4.99. The van der Waals surface area contributed by atoms with Gasteiger partial charge in [-0.1, -0.05) is 60.3 Å². The van der Waals surface area contributed by atoms with Gasteiger partial charge in [0.05, 0.1) is 6.20 Å². The van der Waals surface area contributed by atoms with Crippen LogP contribution in [0, 0.1) is 20.8 Å². The number of carbonyl (C=O) groups excluding carboxylic acids is 1. The van der Waals surface area contributed by atoms with Crippen LogP contribution in [0.1, 0.15) is 53.8 Å². The van der Waals surface area contributed by atoms with Crippen LogP contribution >= 0.6 is 11.3 Å². The highest BCUT2D eigenvalue weighted by Gasteiger charge is 2.21. The van der Waals surface area contributed by atoms with Crippen molar-refractivity contribution in [2.24, 2.45) is 0 Å². The molecule has 1 aliphatic heterocycles. The Balaban J connectivity index is 1.37. The number of piperazine rings is 1. The fraction of sp³-hybridized carbons (Fsp3) is 0.367. The van der Waals surface area contributed by atoms with Gasteiger partial charge in [0.25, 0.3) is 5.91 Å². The highest BCUT2D eigenvalue weighted by atomic mass is 32.1. The zero-order valence-corrected chi connectivity index (χ0v) is 25.0. The van der Waals surface area contributed by atoms with E-state index in [9.17, 15) is 4.79 Å². The molecule has 1 fully saturated rings. The first-order valence-corrected chi connectivity index (χ1v) is 14.4. The highest BCUT2D eigenvalue weighted by molar-refractivity contribution is 7.17. The summed E-state index contributed by atoms with van der Waals surface area (Å²) in [5, 5.41) is 6.71. The molecular formula is C30H38N8OS. The first-order valence-electron chi connectivity index (χ1n) is 13.6. The molecule has 0 unspecified atom stereocenters. The Morgan fingerprint density at radius 3 is 2.40 bits per heavy atom. The average molecular weight is 559 g/mol. The van der Waals surface area contributed by atoms with E-state index in [1.54, 1.807) is 6.20 Å². The zero-order chi connectivity index (χ0) is 28.6. The second-order valence-corrected chi connectivity index (χ2v) is 10.9. The normalized spacial score (nSPS) is 14.7.